The largest absolute Gasteiger partial charge is 0.466 e. The van der Waals surface area contributed by atoms with Gasteiger partial charge in [-0.1, -0.05) is 12.8 Å². The second kappa shape index (κ2) is 5.69. The smallest absolute Gasteiger partial charge is 0.105 e. The summed E-state index contributed by atoms with van der Waals surface area (Å²) in [5, 5.41) is 12.9. The van der Waals surface area contributed by atoms with Crippen molar-refractivity contribution >= 4 is 0 Å². The van der Waals surface area contributed by atoms with Gasteiger partial charge in [0.15, 0.2) is 0 Å². The normalized spacial score (nSPS) is 25.1. The minimum atomic E-state index is 0.307. The molecule has 1 aliphatic carbocycles. The lowest BCUT2D eigenvalue weighted by atomic mass is 9.85. The molecule has 3 nitrogen and oxygen atoms in total. The molecule has 2 rings (SSSR count). The molecule has 0 radical (unpaired) electrons. The van der Waals surface area contributed by atoms with Crippen LogP contribution in [0.4, 0.5) is 0 Å². The molecular weight excluding hydrogens is 214 g/mol. The number of aliphatic hydroxyl groups excluding tert-OH is 1. The van der Waals surface area contributed by atoms with Gasteiger partial charge in [-0.25, -0.2) is 0 Å². The van der Waals surface area contributed by atoms with E-state index in [1.54, 1.807) is 0 Å². The molecule has 2 N–H and O–H groups in total. The molecule has 3 heteroatoms. The van der Waals surface area contributed by atoms with Crippen molar-refractivity contribution in [1.29, 1.82) is 0 Å². The third-order valence-corrected chi connectivity index (χ3v) is 3.84. The third kappa shape index (κ3) is 3.11. The highest BCUT2D eigenvalue weighted by Crippen LogP contribution is 2.24. The van der Waals surface area contributed by atoms with Crippen LogP contribution in [0.3, 0.4) is 0 Å². The molecule has 1 fully saturated rings. The van der Waals surface area contributed by atoms with Crippen molar-refractivity contribution in [2.75, 3.05) is 6.61 Å². The van der Waals surface area contributed by atoms with Crippen LogP contribution in [0.5, 0.6) is 0 Å². The number of rotatable bonds is 4. The van der Waals surface area contributed by atoms with E-state index in [0.29, 0.717) is 18.6 Å². The lowest BCUT2D eigenvalue weighted by Crippen LogP contribution is -2.39. The lowest BCUT2D eigenvalue weighted by molar-refractivity contribution is 0.152. The Bertz CT molecular complexity index is 359. The van der Waals surface area contributed by atoms with Crippen LogP contribution >= 0.6 is 0 Å². The third-order valence-electron chi connectivity index (χ3n) is 3.84. The zero-order valence-electron chi connectivity index (χ0n) is 10.8. The first-order chi connectivity index (χ1) is 8.20. The maximum absolute atomic E-state index is 9.36. The van der Waals surface area contributed by atoms with E-state index < -0.39 is 0 Å². The van der Waals surface area contributed by atoms with Crippen molar-refractivity contribution in [2.45, 2.75) is 52.1 Å². The van der Waals surface area contributed by atoms with Gasteiger partial charge in [0.25, 0.3) is 0 Å². The highest BCUT2D eigenvalue weighted by molar-refractivity contribution is 5.19. The molecule has 2 unspecified atom stereocenters. The molecule has 2 atom stereocenters. The molecule has 0 aliphatic heterocycles. The maximum Gasteiger partial charge on any atom is 0.105 e. The number of nitrogens with one attached hydrogen (secondary N) is 1. The van der Waals surface area contributed by atoms with Crippen LogP contribution in [-0.2, 0) is 6.54 Å². The first-order valence-corrected chi connectivity index (χ1v) is 6.61. The van der Waals surface area contributed by atoms with Crippen LogP contribution in [0.25, 0.3) is 0 Å². The number of hydrogen-bond donors (Lipinski definition) is 2. The van der Waals surface area contributed by atoms with Gasteiger partial charge in [0.05, 0.1) is 0 Å². The Morgan fingerprint density at radius 1 is 1.35 bits per heavy atom. The first-order valence-electron chi connectivity index (χ1n) is 6.61. The number of aryl methyl sites for hydroxylation is 2. The Balaban J connectivity index is 1.90. The SMILES string of the molecule is Cc1cc(CNC2CCCCC2CO)c(C)o1. The molecule has 0 saturated heterocycles. The van der Waals surface area contributed by atoms with Crippen LogP contribution in [0.15, 0.2) is 10.5 Å². The van der Waals surface area contributed by atoms with Crippen molar-refractivity contribution in [3.8, 4) is 0 Å². The summed E-state index contributed by atoms with van der Waals surface area (Å²) in [6.45, 7) is 5.15. The van der Waals surface area contributed by atoms with Crippen LogP contribution in [0.1, 0.15) is 42.8 Å². The van der Waals surface area contributed by atoms with Crippen molar-refractivity contribution in [3.63, 3.8) is 0 Å². The highest BCUT2D eigenvalue weighted by Gasteiger charge is 2.24. The molecule has 96 valence electrons. The highest BCUT2D eigenvalue weighted by atomic mass is 16.3. The van der Waals surface area contributed by atoms with Gasteiger partial charge in [0, 0.05) is 24.8 Å². The zero-order valence-corrected chi connectivity index (χ0v) is 10.8. The molecule has 1 aromatic rings. The minimum Gasteiger partial charge on any atom is -0.466 e. The van der Waals surface area contributed by atoms with Gasteiger partial charge in [-0.2, -0.15) is 0 Å². The molecule has 1 heterocycles. The molecular formula is C14H23NO2. The molecule has 0 spiro atoms. The number of hydrogen-bond acceptors (Lipinski definition) is 3. The van der Waals surface area contributed by atoms with E-state index in [9.17, 15) is 5.11 Å². The summed E-state index contributed by atoms with van der Waals surface area (Å²) in [5.41, 5.74) is 1.24. The molecule has 17 heavy (non-hydrogen) atoms. The zero-order chi connectivity index (χ0) is 12.3. The lowest BCUT2D eigenvalue weighted by Gasteiger charge is -2.31. The summed E-state index contributed by atoms with van der Waals surface area (Å²) in [6.07, 6.45) is 4.86. The van der Waals surface area contributed by atoms with E-state index in [4.69, 9.17) is 4.42 Å². The average Bonchev–Trinajstić information content (AvgIpc) is 2.65. The van der Waals surface area contributed by atoms with Gasteiger partial charge in [-0.15, -0.1) is 0 Å². The van der Waals surface area contributed by atoms with E-state index in [-0.39, 0.29) is 0 Å². The predicted octanol–water partition coefficient (Wildman–Crippen LogP) is 2.54. The van der Waals surface area contributed by atoms with Gasteiger partial charge < -0.3 is 14.8 Å². The summed E-state index contributed by atoms with van der Waals surface area (Å²) in [6, 6.07) is 2.56. The van der Waals surface area contributed by atoms with Gasteiger partial charge in [-0.3, -0.25) is 0 Å². The molecule has 0 bridgehead atoms. The van der Waals surface area contributed by atoms with Gasteiger partial charge in [0.1, 0.15) is 11.5 Å². The van der Waals surface area contributed by atoms with E-state index in [0.717, 1.165) is 24.5 Å². The van der Waals surface area contributed by atoms with E-state index in [2.05, 4.69) is 11.4 Å². The topological polar surface area (TPSA) is 45.4 Å². The second-order valence-corrected chi connectivity index (χ2v) is 5.15. The average molecular weight is 237 g/mol. The monoisotopic (exact) mass is 237 g/mol. The molecule has 1 aliphatic rings. The number of aliphatic hydroxyl groups is 1. The summed E-state index contributed by atoms with van der Waals surface area (Å²) < 4.78 is 5.52. The van der Waals surface area contributed by atoms with Crippen molar-refractivity contribution in [1.82, 2.24) is 5.32 Å². The van der Waals surface area contributed by atoms with Crippen molar-refractivity contribution in [3.05, 3.63) is 23.2 Å². The summed E-state index contributed by atoms with van der Waals surface area (Å²) >= 11 is 0. The van der Waals surface area contributed by atoms with Crippen LogP contribution in [0.2, 0.25) is 0 Å². The van der Waals surface area contributed by atoms with Crippen LogP contribution in [0, 0.1) is 19.8 Å². The Kier molecular flexibility index (Phi) is 4.24. The van der Waals surface area contributed by atoms with E-state index >= 15 is 0 Å². The van der Waals surface area contributed by atoms with Gasteiger partial charge in [0.2, 0.25) is 0 Å². The quantitative estimate of drug-likeness (QED) is 0.846. The Hall–Kier alpha value is -0.800. The number of furan rings is 1. The Labute approximate surface area is 103 Å². The van der Waals surface area contributed by atoms with E-state index in [1.807, 2.05) is 13.8 Å². The van der Waals surface area contributed by atoms with Crippen LogP contribution < -0.4 is 5.32 Å². The molecule has 1 saturated carbocycles. The van der Waals surface area contributed by atoms with Gasteiger partial charge in [-0.05, 0) is 38.7 Å². The molecule has 0 aromatic carbocycles. The standard InChI is InChI=1S/C14H23NO2/c1-10-7-13(11(2)17-10)8-15-14-6-4-3-5-12(14)9-16/h7,12,14-16H,3-6,8-9H2,1-2H3. The Morgan fingerprint density at radius 2 is 2.12 bits per heavy atom. The van der Waals surface area contributed by atoms with E-state index in [1.165, 1.54) is 24.8 Å². The first kappa shape index (κ1) is 12.7. The molecule has 0 amide bonds. The summed E-state index contributed by atoms with van der Waals surface area (Å²) in [5.74, 6) is 2.41. The van der Waals surface area contributed by atoms with Crippen LogP contribution in [-0.4, -0.2) is 17.8 Å². The summed E-state index contributed by atoms with van der Waals surface area (Å²) in [4.78, 5) is 0. The fourth-order valence-corrected chi connectivity index (χ4v) is 2.79. The Morgan fingerprint density at radius 3 is 2.76 bits per heavy atom. The second-order valence-electron chi connectivity index (χ2n) is 5.15. The summed E-state index contributed by atoms with van der Waals surface area (Å²) in [7, 11) is 0. The molecule has 1 aromatic heterocycles. The van der Waals surface area contributed by atoms with Gasteiger partial charge >= 0.3 is 0 Å². The maximum atomic E-state index is 9.36. The predicted molar refractivity (Wildman–Crippen MR) is 67.9 cm³/mol. The van der Waals surface area contributed by atoms with Crippen molar-refractivity contribution in [2.24, 2.45) is 5.92 Å². The fourth-order valence-electron chi connectivity index (χ4n) is 2.79. The van der Waals surface area contributed by atoms with Crippen molar-refractivity contribution < 1.29 is 9.52 Å². The minimum absolute atomic E-state index is 0.307. The fraction of sp³-hybridized carbons (Fsp3) is 0.714.